The molecule has 37 heavy (non-hydrogen) atoms. The third-order valence-corrected chi connectivity index (χ3v) is 9.34. The molecule has 4 rings (SSSR count). The number of benzene rings is 2. The first kappa shape index (κ1) is 27.3. The summed E-state index contributed by atoms with van der Waals surface area (Å²) < 4.78 is 72.6. The van der Waals surface area contributed by atoms with Gasteiger partial charge >= 0.3 is 5.97 Å². The van der Waals surface area contributed by atoms with Crippen LogP contribution in [0.15, 0.2) is 52.3 Å². The number of sulfonamides is 2. The summed E-state index contributed by atoms with van der Waals surface area (Å²) in [4.78, 5) is 11.8. The first-order chi connectivity index (χ1) is 17.7. The van der Waals surface area contributed by atoms with Crippen LogP contribution in [0.5, 0.6) is 0 Å². The SMILES string of the molecule is CCOC(=O)c1ccc(S(=O)(=O)Nc2cc(S(=O)(=O)N3CCOCC3)ccc2NC[C@@H]2CCCO2)cc1. The summed E-state index contributed by atoms with van der Waals surface area (Å²) in [6.07, 6.45) is 1.81. The molecule has 202 valence electrons. The van der Waals surface area contributed by atoms with E-state index in [1.54, 1.807) is 13.0 Å². The molecule has 0 aromatic heterocycles. The summed E-state index contributed by atoms with van der Waals surface area (Å²) >= 11 is 0. The summed E-state index contributed by atoms with van der Waals surface area (Å²) in [5.41, 5.74) is 0.725. The Morgan fingerprint density at radius 3 is 2.35 bits per heavy atom. The maximum absolute atomic E-state index is 13.2. The Morgan fingerprint density at radius 1 is 1.00 bits per heavy atom. The van der Waals surface area contributed by atoms with Gasteiger partial charge in [0, 0.05) is 26.2 Å². The van der Waals surface area contributed by atoms with Gasteiger partial charge in [-0.1, -0.05) is 0 Å². The van der Waals surface area contributed by atoms with Crippen molar-refractivity contribution in [1.29, 1.82) is 0 Å². The van der Waals surface area contributed by atoms with E-state index >= 15 is 0 Å². The fourth-order valence-electron chi connectivity index (χ4n) is 4.08. The number of carbonyl (C=O) groups is 1. The van der Waals surface area contributed by atoms with E-state index in [1.807, 2.05) is 0 Å². The van der Waals surface area contributed by atoms with Crippen LogP contribution < -0.4 is 10.0 Å². The van der Waals surface area contributed by atoms with Crippen LogP contribution in [-0.4, -0.2) is 79.3 Å². The number of hydrogen-bond acceptors (Lipinski definition) is 9. The van der Waals surface area contributed by atoms with Gasteiger partial charge in [0.2, 0.25) is 10.0 Å². The largest absolute Gasteiger partial charge is 0.462 e. The molecule has 0 radical (unpaired) electrons. The first-order valence-electron chi connectivity index (χ1n) is 12.1. The molecule has 2 aliphatic heterocycles. The lowest BCUT2D eigenvalue weighted by Gasteiger charge is -2.26. The third kappa shape index (κ3) is 6.60. The Hall–Kier alpha value is -2.71. The van der Waals surface area contributed by atoms with Crippen molar-refractivity contribution in [3.05, 3.63) is 48.0 Å². The van der Waals surface area contributed by atoms with Gasteiger partial charge < -0.3 is 19.5 Å². The highest BCUT2D eigenvalue weighted by Gasteiger charge is 2.28. The average molecular weight is 554 g/mol. The van der Waals surface area contributed by atoms with E-state index in [0.29, 0.717) is 32.1 Å². The van der Waals surface area contributed by atoms with Gasteiger partial charge in [0.05, 0.1) is 52.7 Å². The minimum Gasteiger partial charge on any atom is -0.462 e. The van der Waals surface area contributed by atoms with Crippen molar-refractivity contribution in [3.8, 4) is 0 Å². The highest BCUT2D eigenvalue weighted by Crippen LogP contribution is 2.30. The molecule has 0 unspecified atom stereocenters. The topological polar surface area (TPSA) is 140 Å². The summed E-state index contributed by atoms with van der Waals surface area (Å²) in [5, 5.41) is 3.18. The van der Waals surface area contributed by atoms with Crippen molar-refractivity contribution in [2.24, 2.45) is 0 Å². The zero-order valence-corrected chi connectivity index (χ0v) is 22.1. The number of nitrogens with one attached hydrogen (secondary N) is 2. The Labute approximate surface area is 217 Å². The van der Waals surface area contributed by atoms with E-state index in [-0.39, 0.29) is 46.8 Å². The molecule has 13 heteroatoms. The van der Waals surface area contributed by atoms with Crippen molar-refractivity contribution in [2.75, 3.05) is 56.1 Å². The van der Waals surface area contributed by atoms with Gasteiger partial charge in [0.1, 0.15) is 0 Å². The highest BCUT2D eigenvalue weighted by atomic mass is 32.2. The van der Waals surface area contributed by atoms with Crippen molar-refractivity contribution in [3.63, 3.8) is 0 Å². The smallest absolute Gasteiger partial charge is 0.338 e. The van der Waals surface area contributed by atoms with E-state index in [1.165, 1.54) is 40.7 Å². The average Bonchev–Trinajstić information content (AvgIpc) is 3.42. The number of esters is 1. The van der Waals surface area contributed by atoms with Gasteiger partial charge in [0.15, 0.2) is 0 Å². The molecule has 0 saturated carbocycles. The third-order valence-electron chi connectivity index (χ3n) is 6.06. The second-order valence-corrected chi connectivity index (χ2v) is 12.2. The molecular formula is C24H31N3O8S2. The van der Waals surface area contributed by atoms with Gasteiger partial charge in [-0.05, 0) is 62.2 Å². The molecule has 0 amide bonds. The van der Waals surface area contributed by atoms with Crippen LogP contribution in [0.25, 0.3) is 0 Å². The summed E-state index contributed by atoms with van der Waals surface area (Å²) in [7, 11) is -7.97. The van der Waals surface area contributed by atoms with Crippen LogP contribution in [0, 0.1) is 0 Å². The second kappa shape index (κ2) is 11.8. The molecule has 2 aliphatic rings. The lowest BCUT2D eigenvalue weighted by molar-refractivity contribution is 0.0526. The predicted octanol–water partition coefficient (Wildman–Crippen LogP) is 2.28. The molecule has 0 aliphatic carbocycles. The monoisotopic (exact) mass is 553 g/mol. The fourth-order valence-corrected chi connectivity index (χ4v) is 6.58. The molecule has 2 saturated heterocycles. The number of anilines is 2. The lowest BCUT2D eigenvalue weighted by atomic mass is 10.2. The molecule has 0 spiro atoms. The molecule has 2 fully saturated rings. The molecule has 1 atom stereocenters. The van der Waals surface area contributed by atoms with Crippen LogP contribution >= 0.6 is 0 Å². The predicted molar refractivity (Wildman–Crippen MR) is 137 cm³/mol. The maximum atomic E-state index is 13.2. The van der Waals surface area contributed by atoms with Crippen molar-refractivity contribution < 1.29 is 35.8 Å². The maximum Gasteiger partial charge on any atom is 0.338 e. The van der Waals surface area contributed by atoms with Crippen LogP contribution in [0.1, 0.15) is 30.1 Å². The molecule has 0 bridgehead atoms. The molecular weight excluding hydrogens is 522 g/mol. The number of morpholine rings is 1. The van der Waals surface area contributed by atoms with Crippen LogP contribution in [-0.2, 0) is 34.3 Å². The van der Waals surface area contributed by atoms with Crippen molar-refractivity contribution in [1.82, 2.24) is 4.31 Å². The second-order valence-electron chi connectivity index (χ2n) is 8.59. The Bertz CT molecular complexity index is 1300. The molecule has 11 nitrogen and oxygen atoms in total. The van der Waals surface area contributed by atoms with Gasteiger partial charge in [-0.2, -0.15) is 4.31 Å². The summed E-state index contributed by atoms with van der Waals surface area (Å²) in [5.74, 6) is -0.555. The fraction of sp³-hybridized carbons (Fsp3) is 0.458. The number of nitrogens with zero attached hydrogens (tertiary/aromatic N) is 1. The van der Waals surface area contributed by atoms with Gasteiger partial charge in [-0.3, -0.25) is 4.72 Å². The first-order valence-corrected chi connectivity index (χ1v) is 15.0. The Kier molecular flexibility index (Phi) is 8.70. The number of rotatable bonds is 10. The van der Waals surface area contributed by atoms with Crippen LogP contribution in [0.2, 0.25) is 0 Å². The van der Waals surface area contributed by atoms with E-state index in [2.05, 4.69) is 10.0 Å². The minimum absolute atomic E-state index is 0.0170. The van der Waals surface area contributed by atoms with E-state index < -0.39 is 26.0 Å². The van der Waals surface area contributed by atoms with E-state index in [4.69, 9.17) is 14.2 Å². The highest BCUT2D eigenvalue weighted by molar-refractivity contribution is 7.92. The zero-order valence-electron chi connectivity index (χ0n) is 20.5. The number of ether oxygens (including phenoxy) is 3. The molecule has 2 N–H and O–H groups in total. The molecule has 2 aromatic carbocycles. The minimum atomic E-state index is -4.12. The Morgan fingerprint density at radius 2 is 1.70 bits per heavy atom. The summed E-state index contributed by atoms with van der Waals surface area (Å²) in [6.45, 7) is 4.01. The summed E-state index contributed by atoms with van der Waals surface area (Å²) in [6, 6.07) is 9.63. The number of hydrogen-bond donors (Lipinski definition) is 2. The molecule has 2 aromatic rings. The lowest BCUT2D eigenvalue weighted by Crippen LogP contribution is -2.40. The van der Waals surface area contributed by atoms with E-state index in [0.717, 1.165) is 12.8 Å². The normalized spacial score (nSPS) is 18.9. The zero-order chi connectivity index (χ0) is 26.5. The molecule has 2 heterocycles. The van der Waals surface area contributed by atoms with Gasteiger partial charge in [-0.25, -0.2) is 21.6 Å². The van der Waals surface area contributed by atoms with Crippen molar-refractivity contribution in [2.45, 2.75) is 35.7 Å². The standard InChI is InChI=1S/C24H31N3O8S2/c1-2-34-24(28)18-5-7-20(8-6-18)36(29,30)26-23-16-21(37(31,32)27-11-14-33-15-12-27)9-10-22(23)25-17-19-4-3-13-35-19/h5-10,16,19,25-26H,2-4,11-15,17H2,1H3/t19-/m0/s1. The van der Waals surface area contributed by atoms with Gasteiger partial charge in [-0.15, -0.1) is 0 Å². The van der Waals surface area contributed by atoms with E-state index in [9.17, 15) is 21.6 Å². The van der Waals surface area contributed by atoms with Crippen molar-refractivity contribution >= 4 is 37.4 Å². The quantitative estimate of drug-likeness (QED) is 0.424. The Balaban J connectivity index is 1.62. The van der Waals surface area contributed by atoms with Crippen LogP contribution in [0.4, 0.5) is 11.4 Å². The number of carbonyl (C=O) groups excluding carboxylic acids is 1. The van der Waals surface area contributed by atoms with Crippen LogP contribution in [0.3, 0.4) is 0 Å². The van der Waals surface area contributed by atoms with Gasteiger partial charge in [0.25, 0.3) is 10.0 Å².